The molecule has 8 heteroatoms. The van der Waals surface area contributed by atoms with E-state index in [0.717, 1.165) is 32.9 Å². The molecule has 0 saturated heterocycles. The molecule has 0 bridgehead atoms. The van der Waals surface area contributed by atoms with Gasteiger partial charge >= 0.3 is 5.97 Å². The molecule has 0 spiro atoms. The van der Waals surface area contributed by atoms with Crippen LogP contribution in [0.5, 0.6) is 17.2 Å². The standard InChI is InChI=1S/C24H27N3O5/c1-5-32-24(28)9-7-17(26-27-25)11-16-10-15-6-8-18(29-2)12-19(15)21-14-23(31-4)22(30-3)13-20(16)21/h6,8,10,12-14,17H,5,7,9,11H2,1-4H3/t17-/m1/s1. The lowest BCUT2D eigenvalue weighted by Gasteiger charge is -2.17. The normalized spacial score (nSPS) is 11.6. The maximum Gasteiger partial charge on any atom is 0.305 e. The number of benzene rings is 3. The van der Waals surface area contributed by atoms with Crippen molar-refractivity contribution in [1.29, 1.82) is 0 Å². The summed E-state index contributed by atoms with van der Waals surface area (Å²) in [5.41, 5.74) is 10.1. The van der Waals surface area contributed by atoms with Gasteiger partial charge in [-0.25, -0.2) is 0 Å². The van der Waals surface area contributed by atoms with Gasteiger partial charge in [0.1, 0.15) is 5.75 Å². The SMILES string of the molecule is CCOC(=O)CC[C@H](Cc1cc2ccc(OC)cc2c2cc(OC)c(OC)cc12)N=[N+]=[N-]. The lowest BCUT2D eigenvalue weighted by atomic mass is 9.92. The summed E-state index contributed by atoms with van der Waals surface area (Å²) < 4.78 is 21.5. The predicted molar refractivity (Wildman–Crippen MR) is 124 cm³/mol. The van der Waals surface area contributed by atoms with Crippen molar-refractivity contribution in [2.45, 2.75) is 32.2 Å². The maximum atomic E-state index is 11.8. The Labute approximate surface area is 186 Å². The highest BCUT2D eigenvalue weighted by Gasteiger charge is 2.17. The van der Waals surface area contributed by atoms with E-state index in [1.165, 1.54) is 0 Å². The Kier molecular flexibility index (Phi) is 7.63. The molecule has 3 aromatic rings. The lowest BCUT2D eigenvalue weighted by Crippen LogP contribution is -2.13. The summed E-state index contributed by atoms with van der Waals surface area (Å²) in [4.78, 5) is 14.8. The van der Waals surface area contributed by atoms with Crippen molar-refractivity contribution < 1.29 is 23.7 Å². The second-order valence-corrected chi connectivity index (χ2v) is 7.28. The summed E-state index contributed by atoms with van der Waals surface area (Å²) in [5.74, 6) is 1.68. The summed E-state index contributed by atoms with van der Waals surface area (Å²) >= 11 is 0. The summed E-state index contributed by atoms with van der Waals surface area (Å²) in [6.45, 7) is 2.09. The number of carbonyl (C=O) groups excluding carboxylic acids is 1. The molecule has 3 aromatic carbocycles. The van der Waals surface area contributed by atoms with E-state index >= 15 is 0 Å². The number of fused-ring (bicyclic) bond motifs is 3. The number of methoxy groups -OCH3 is 3. The van der Waals surface area contributed by atoms with Crippen LogP contribution in [0.3, 0.4) is 0 Å². The predicted octanol–water partition coefficient (Wildman–Crippen LogP) is 5.58. The molecule has 0 heterocycles. The number of carbonyl (C=O) groups is 1. The van der Waals surface area contributed by atoms with E-state index in [0.29, 0.717) is 30.9 Å². The Morgan fingerprint density at radius 1 is 1.00 bits per heavy atom. The third-order valence-electron chi connectivity index (χ3n) is 5.41. The van der Waals surface area contributed by atoms with Crippen molar-refractivity contribution in [1.82, 2.24) is 0 Å². The molecule has 8 nitrogen and oxygen atoms in total. The van der Waals surface area contributed by atoms with Crippen molar-refractivity contribution in [2.24, 2.45) is 5.11 Å². The first kappa shape index (κ1) is 23.0. The van der Waals surface area contributed by atoms with Crippen molar-refractivity contribution in [3.63, 3.8) is 0 Å². The minimum atomic E-state index is -0.392. The molecule has 0 N–H and O–H groups in total. The molecule has 3 rings (SSSR count). The first-order chi connectivity index (χ1) is 15.5. The molecule has 0 unspecified atom stereocenters. The summed E-state index contributed by atoms with van der Waals surface area (Å²) in [5, 5.41) is 7.90. The van der Waals surface area contributed by atoms with Crippen LogP contribution in [0.2, 0.25) is 0 Å². The van der Waals surface area contributed by atoms with Gasteiger partial charge in [-0.2, -0.15) is 0 Å². The van der Waals surface area contributed by atoms with Gasteiger partial charge in [0.2, 0.25) is 0 Å². The molecule has 0 aliphatic rings. The summed E-state index contributed by atoms with van der Waals surface area (Å²) in [6.07, 6.45) is 1.06. The van der Waals surface area contributed by atoms with E-state index in [1.54, 1.807) is 28.3 Å². The van der Waals surface area contributed by atoms with Crippen LogP contribution >= 0.6 is 0 Å². The molecular formula is C24H27N3O5. The zero-order chi connectivity index (χ0) is 23.1. The minimum absolute atomic E-state index is 0.192. The van der Waals surface area contributed by atoms with E-state index in [9.17, 15) is 4.79 Å². The third-order valence-corrected chi connectivity index (χ3v) is 5.41. The van der Waals surface area contributed by atoms with Gasteiger partial charge < -0.3 is 18.9 Å². The Morgan fingerprint density at radius 2 is 1.72 bits per heavy atom. The van der Waals surface area contributed by atoms with E-state index in [2.05, 4.69) is 16.1 Å². The fourth-order valence-corrected chi connectivity index (χ4v) is 3.87. The van der Waals surface area contributed by atoms with Crippen LogP contribution in [0.25, 0.3) is 32.0 Å². The Morgan fingerprint density at radius 3 is 2.34 bits per heavy atom. The number of azide groups is 1. The molecule has 0 saturated carbocycles. The first-order valence-corrected chi connectivity index (χ1v) is 10.4. The maximum absolute atomic E-state index is 11.8. The highest BCUT2D eigenvalue weighted by molar-refractivity contribution is 6.10. The van der Waals surface area contributed by atoms with E-state index < -0.39 is 6.04 Å². The number of esters is 1. The van der Waals surface area contributed by atoms with Gasteiger partial charge in [0, 0.05) is 17.4 Å². The Hall–Kier alpha value is -3.64. The monoisotopic (exact) mass is 437 g/mol. The van der Waals surface area contributed by atoms with Gasteiger partial charge in [-0.1, -0.05) is 17.2 Å². The fraction of sp³-hybridized carbons (Fsp3) is 0.375. The van der Waals surface area contributed by atoms with Gasteiger partial charge in [0.15, 0.2) is 11.5 Å². The van der Waals surface area contributed by atoms with Gasteiger partial charge in [-0.15, -0.1) is 0 Å². The van der Waals surface area contributed by atoms with Crippen molar-refractivity contribution in [3.8, 4) is 17.2 Å². The highest BCUT2D eigenvalue weighted by Crippen LogP contribution is 2.39. The summed E-state index contributed by atoms with van der Waals surface area (Å²) in [6, 6.07) is 11.4. The molecule has 0 radical (unpaired) electrons. The first-order valence-electron chi connectivity index (χ1n) is 10.4. The molecule has 32 heavy (non-hydrogen) atoms. The number of rotatable bonds is 10. The average molecular weight is 437 g/mol. The number of ether oxygens (including phenoxy) is 4. The highest BCUT2D eigenvalue weighted by atomic mass is 16.5. The minimum Gasteiger partial charge on any atom is -0.497 e. The van der Waals surface area contributed by atoms with Gasteiger partial charge in [-0.3, -0.25) is 4.79 Å². The molecule has 1 atom stereocenters. The Balaban J connectivity index is 2.13. The number of nitrogens with zero attached hydrogens (tertiary/aromatic N) is 3. The smallest absolute Gasteiger partial charge is 0.305 e. The van der Waals surface area contributed by atoms with Crippen molar-refractivity contribution >= 4 is 27.5 Å². The van der Waals surface area contributed by atoms with Gasteiger partial charge in [-0.05, 0) is 76.7 Å². The van der Waals surface area contributed by atoms with Crippen molar-refractivity contribution in [2.75, 3.05) is 27.9 Å². The zero-order valence-corrected chi connectivity index (χ0v) is 18.8. The molecule has 0 aromatic heterocycles. The van der Waals surface area contributed by atoms with Crippen LogP contribution in [0.15, 0.2) is 41.5 Å². The summed E-state index contributed by atoms with van der Waals surface area (Å²) in [7, 11) is 4.83. The van der Waals surface area contributed by atoms with Gasteiger partial charge in [0.25, 0.3) is 0 Å². The number of hydrogen-bond donors (Lipinski definition) is 0. The van der Waals surface area contributed by atoms with E-state index in [1.807, 2.05) is 30.3 Å². The van der Waals surface area contributed by atoms with Crippen LogP contribution < -0.4 is 14.2 Å². The van der Waals surface area contributed by atoms with E-state index in [-0.39, 0.29) is 12.4 Å². The van der Waals surface area contributed by atoms with Crippen LogP contribution in [0.4, 0.5) is 0 Å². The third kappa shape index (κ3) is 4.98. The zero-order valence-electron chi connectivity index (χ0n) is 18.8. The molecule has 0 aliphatic heterocycles. The average Bonchev–Trinajstić information content (AvgIpc) is 2.81. The quantitative estimate of drug-likeness (QED) is 0.135. The van der Waals surface area contributed by atoms with Crippen LogP contribution in [-0.2, 0) is 16.0 Å². The van der Waals surface area contributed by atoms with Crippen molar-refractivity contribution in [3.05, 3.63) is 52.4 Å². The lowest BCUT2D eigenvalue weighted by molar-refractivity contribution is -0.143. The molecular weight excluding hydrogens is 410 g/mol. The van der Waals surface area contributed by atoms with Gasteiger partial charge in [0.05, 0.1) is 27.9 Å². The Bertz CT molecular complexity index is 1170. The fourth-order valence-electron chi connectivity index (χ4n) is 3.87. The largest absolute Gasteiger partial charge is 0.497 e. The second-order valence-electron chi connectivity index (χ2n) is 7.28. The molecule has 0 amide bonds. The van der Waals surface area contributed by atoms with E-state index in [4.69, 9.17) is 24.5 Å². The van der Waals surface area contributed by atoms with Crippen LogP contribution in [-0.4, -0.2) is 39.9 Å². The molecule has 0 fully saturated rings. The molecule has 0 aliphatic carbocycles. The topological polar surface area (TPSA) is 103 Å². The second kappa shape index (κ2) is 10.6. The number of hydrogen-bond acceptors (Lipinski definition) is 6. The molecule has 168 valence electrons. The van der Waals surface area contributed by atoms with Crippen LogP contribution in [0.1, 0.15) is 25.3 Å². The van der Waals surface area contributed by atoms with Crippen LogP contribution in [0, 0.1) is 0 Å².